The fraction of sp³-hybridized carbons (Fsp3) is 0.467. The standard InChI is InChI=1S/C15H21BFNO3/c1-14(2)15(3,4)21-16(20-14)11(9-18)5-10-6-12(17)8-13(19)7-10/h5-8,19H,9,18H2,1-4H3. The number of phenolic OH excluding ortho intramolecular Hbond substituents is 1. The molecule has 0 atom stereocenters. The van der Waals surface area contributed by atoms with Crippen LogP contribution in [0, 0.1) is 5.82 Å². The molecule has 1 saturated heterocycles. The second kappa shape index (κ2) is 5.44. The lowest BCUT2D eigenvalue weighted by molar-refractivity contribution is 0.00578. The Labute approximate surface area is 124 Å². The molecule has 0 radical (unpaired) electrons. The Balaban J connectivity index is 2.30. The highest BCUT2D eigenvalue weighted by atomic mass is 19.1. The lowest BCUT2D eigenvalue weighted by Gasteiger charge is -2.32. The molecular formula is C15H21BFNO3. The number of halogens is 1. The van der Waals surface area contributed by atoms with Crippen molar-refractivity contribution in [2.45, 2.75) is 38.9 Å². The zero-order valence-corrected chi connectivity index (χ0v) is 12.8. The number of aromatic hydroxyl groups is 1. The number of nitrogens with two attached hydrogens (primary N) is 1. The Kier molecular flexibility index (Phi) is 4.15. The first-order valence-corrected chi connectivity index (χ1v) is 6.90. The van der Waals surface area contributed by atoms with E-state index in [2.05, 4.69) is 0 Å². The summed E-state index contributed by atoms with van der Waals surface area (Å²) in [6.07, 6.45) is 1.69. The lowest BCUT2D eigenvalue weighted by atomic mass is 9.77. The molecule has 0 amide bonds. The van der Waals surface area contributed by atoms with Gasteiger partial charge in [-0.3, -0.25) is 0 Å². The molecule has 0 unspecified atom stereocenters. The van der Waals surface area contributed by atoms with E-state index in [9.17, 15) is 9.50 Å². The van der Waals surface area contributed by atoms with Crippen LogP contribution in [0.25, 0.3) is 6.08 Å². The molecule has 2 rings (SSSR count). The molecule has 1 aliphatic heterocycles. The van der Waals surface area contributed by atoms with Crippen LogP contribution in [0.5, 0.6) is 5.75 Å². The number of rotatable bonds is 3. The van der Waals surface area contributed by atoms with Crippen molar-refractivity contribution in [3.8, 4) is 5.75 Å². The van der Waals surface area contributed by atoms with Crippen LogP contribution in [0.2, 0.25) is 0 Å². The average molecular weight is 293 g/mol. The summed E-state index contributed by atoms with van der Waals surface area (Å²) in [6.45, 7) is 8.03. The van der Waals surface area contributed by atoms with Crippen molar-refractivity contribution in [2.24, 2.45) is 5.73 Å². The second-order valence-corrected chi connectivity index (χ2v) is 6.25. The van der Waals surface area contributed by atoms with Crippen LogP contribution in [0.4, 0.5) is 4.39 Å². The molecule has 6 heteroatoms. The summed E-state index contributed by atoms with van der Waals surface area (Å²) in [7, 11) is -0.578. The smallest absolute Gasteiger partial charge is 0.491 e. The van der Waals surface area contributed by atoms with Crippen LogP contribution >= 0.6 is 0 Å². The highest BCUT2D eigenvalue weighted by Gasteiger charge is 2.52. The molecule has 0 spiro atoms. The SMILES string of the molecule is CC1(C)OB(C(=Cc2cc(O)cc(F)c2)CN)OC1(C)C. The first-order valence-electron chi connectivity index (χ1n) is 6.90. The molecule has 1 aromatic rings. The molecule has 4 nitrogen and oxygen atoms in total. The third-order valence-electron chi connectivity index (χ3n) is 4.05. The zero-order valence-electron chi connectivity index (χ0n) is 12.8. The molecule has 0 bridgehead atoms. The van der Waals surface area contributed by atoms with Crippen molar-refractivity contribution in [3.63, 3.8) is 0 Å². The maximum atomic E-state index is 13.3. The predicted octanol–water partition coefficient (Wildman–Crippen LogP) is 2.50. The molecular weight excluding hydrogens is 272 g/mol. The van der Waals surface area contributed by atoms with Gasteiger partial charge in [-0.2, -0.15) is 0 Å². The summed E-state index contributed by atoms with van der Waals surface area (Å²) in [6, 6.07) is 3.83. The lowest BCUT2D eigenvalue weighted by Crippen LogP contribution is -2.41. The minimum Gasteiger partial charge on any atom is -0.508 e. The molecule has 1 aliphatic rings. The van der Waals surface area contributed by atoms with E-state index in [1.807, 2.05) is 27.7 Å². The Morgan fingerprint density at radius 1 is 1.24 bits per heavy atom. The van der Waals surface area contributed by atoms with Crippen LogP contribution in [-0.4, -0.2) is 30.0 Å². The van der Waals surface area contributed by atoms with Gasteiger partial charge < -0.3 is 20.1 Å². The Bertz CT molecular complexity index is 536. The van der Waals surface area contributed by atoms with Crippen LogP contribution < -0.4 is 5.73 Å². The summed E-state index contributed by atoms with van der Waals surface area (Å²) in [5.74, 6) is -0.641. The van der Waals surface area contributed by atoms with Gasteiger partial charge in [0, 0.05) is 12.6 Å². The van der Waals surface area contributed by atoms with Crippen LogP contribution in [0.1, 0.15) is 33.3 Å². The van der Waals surface area contributed by atoms with E-state index in [1.54, 1.807) is 6.08 Å². The topological polar surface area (TPSA) is 64.7 Å². The summed E-state index contributed by atoms with van der Waals surface area (Å²) in [5, 5.41) is 9.45. The summed E-state index contributed by atoms with van der Waals surface area (Å²) < 4.78 is 25.2. The number of phenols is 1. The van der Waals surface area contributed by atoms with E-state index in [0.29, 0.717) is 11.0 Å². The Morgan fingerprint density at radius 2 is 1.81 bits per heavy atom. The van der Waals surface area contributed by atoms with E-state index in [4.69, 9.17) is 15.0 Å². The van der Waals surface area contributed by atoms with Crippen LogP contribution in [-0.2, 0) is 9.31 Å². The van der Waals surface area contributed by atoms with Gasteiger partial charge in [0.15, 0.2) is 0 Å². The van der Waals surface area contributed by atoms with Gasteiger partial charge >= 0.3 is 7.12 Å². The molecule has 0 aromatic heterocycles. The molecule has 3 N–H and O–H groups in total. The first-order chi connectivity index (χ1) is 9.64. The fourth-order valence-corrected chi connectivity index (χ4v) is 2.11. The first kappa shape index (κ1) is 16.0. The van der Waals surface area contributed by atoms with E-state index < -0.39 is 24.1 Å². The quantitative estimate of drug-likeness (QED) is 0.840. The molecule has 0 aliphatic carbocycles. The maximum Gasteiger partial charge on any atom is 0.491 e. The van der Waals surface area contributed by atoms with E-state index >= 15 is 0 Å². The number of hydrogen-bond donors (Lipinski definition) is 2. The minimum absolute atomic E-state index is 0.133. The van der Waals surface area contributed by atoms with E-state index in [0.717, 1.165) is 6.07 Å². The van der Waals surface area contributed by atoms with Gasteiger partial charge in [0.05, 0.1) is 11.2 Å². The molecule has 1 heterocycles. The van der Waals surface area contributed by atoms with Gasteiger partial charge in [-0.15, -0.1) is 0 Å². The largest absolute Gasteiger partial charge is 0.508 e. The second-order valence-electron chi connectivity index (χ2n) is 6.25. The average Bonchev–Trinajstić information content (AvgIpc) is 2.54. The fourth-order valence-electron chi connectivity index (χ4n) is 2.11. The van der Waals surface area contributed by atoms with Gasteiger partial charge in [0.1, 0.15) is 11.6 Å². The maximum absolute atomic E-state index is 13.3. The third-order valence-corrected chi connectivity index (χ3v) is 4.05. The molecule has 21 heavy (non-hydrogen) atoms. The van der Waals surface area contributed by atoms with Crippen molar-refractivity contribution >= 4 is 13.2 Å². The monoisotopic (exact) mass is 293 g/mol. The summed E-state index contributed by atoms with van der Waals surface area (Å²) in [4.78, 5) is 0. The number of hydrogen-bond acceptors (Lipinski definition) is 4. The van der Waals surface area contributed by atoms with Crippen molar-refractivity contribution in [1.82, 2.24) is 0 Å². The van der Waals surface area contributed by atoms with Crippen LogP contribution in [0.15, 0.2) is 23.7 Å². The normalized spacial score (nSPS) is 20.9. The third kappa shape index (κ3) is 3.28. The van der Waals surface area contributed by atoms with Crippen molar-refractivity contribution in [1.29, 1.82) is 0 Å². The molecule has 114 valence electrons. The van der Waals surface area contributed by atoms with Crippen molar-refractivity contribution in [3.05, 3.63) is 35.1 Å². The van der Waals surface area contributed by atoms with Gasteiger partial charge in [0.2, 0.25) is 0 Å². The minimum atomic E-state index is -0.578. The Morgan fingerprint density at radius 3 is 2.29 bits per heavy atom. The van der Waals surface area contributed by atoms with Gasteiger partial charge in [-0.1, -0.05) is 6.08 Å². The Hall–Kier alpha value is -1.37. The summed E-state index contributed by atoms with van der Waals surface area (Å²) in [5.41, 5.74) is 6.05. The van der Waals surface area contributed by atoms with Crippen LogP contribution in [0.3, 0.4) is 0 Å². The van der Waals surface area contributed by atoms with E-state index in [1.165, 1.54) is 12.1 Å². The van der Waals surface area contributed by atoms with Gasteiger partial charge in [0.25, 0.3) is 0 Å². The highest BCUT2D eigenvalue weighted by Crippen LogP contribution is 2.38. The number of benzene rings is 1. The van der Waals surface area contributed by atoms with Crippen molar-refractivity contribution < 1.29 is 18.8 Å². The zero-order chi connectivity index (χ0) is 15.8. The molecule has 0 saturated carbocycles. The van der Waals surface area contributed by atoms with Gasteiger partial charge in [-0.05, 0) is 50.9 Å². The molecule has 1 aromatic carbocycles. The summed E-state index contributed by atoms with van der Waals surface area (Å²) >= 11 is 0. The van der Waals surface area contributed by atoms with E-state index in [-0.39, 0.29) is 12.3 Å². The van der Waals surface area contributed by atoms with Crippen molar-refractivity contribution in [2.75, 3.05) is 6.54 Å². The van der Waals surface area contributed by atoms with Gasteiger partial charge in [-0.25, -0.2) is 4.39 Å². The molecule has 1 fully saturated rings. The highest BCUT2D eigenvalue weighted by molar-refractivity contribution is 6.55. The predicted molar refractivity (Wildman–Crippen MR) is 81.2 cm³/mol.